The van der Waals surface area contributed by atoms with Crippen LogP contribution < -0.4 is 4.74 Å². The van der Waals surface area contributed by atoms with E-state index in [1.807, 2.05) is 48.5 Å². The van der Waals surface area contributed by atoms with E-state index in [1.54, 1.807) is 25.4 Å². The van der Waals surface area contributed by atoms with Crippen LogP contribution in [-0.4, -0.2) is 23.9 Å². The quantitative estimate of drug-likeness (QED) is 0.596. The minimum atomic E-state index is -0.412. The molecule has 2 rings (SSSR count). The summed E-state index contributed by atoms with van der Waals surface area (Å²) in [6.45, 7) is 0. The zero-order valence-corrected chi connectivity index (χ0v) is 10.1. The Morgan fingerprint density at radius 1 is 1.00 bits per heavy atom. The van der Waals surface area contributed by atoms with Crippen LogP contribution in [0.15, 0.2) is 60.7 Å². The van der Waals surface area contributed by atoms with Gasteiger partial charge in [0.25, 0.3) is 0 Å². The summed E-state index contributed by atoms with van der Waals surface area (Å²) in [5, 5.41) is 0. The lowest BCUT2D eigenvalue weighted by Crippen LogP contribution is -2.21. The van der Waals surface area contributed by atoms with Crippen LogP contribution in [0.5, 0.6) is 5.75 Å². The topological polar surface area (TPSA) is 29.3 Å². The van der Waals surface area contributed by atoms with Gasteiger partial charge in [-0.15, -0.1) is 4.58 Å². The molecule has 0 aromatic heterocycles. The Hall–Kier alpha value is -2.42. The molecule has 0 saturated carbocycles. The predicted octanol–water partition coefficient (Wildman–Crippen LogP) is 2.95. The number of amides is 1. The molecule has 90 valence electrons. The van der Waals surface area contributed by atoms with Gasteiger partial charge in [-0.2, -0.15) is 4.79 Å². The summed E-state index contributed by atoms with van der Waals surface area (Å²) >= 11 is 0. The maximum absolute atomic E-state index is 11.8. The van der Waals surface area contributed by atoms with Gasteiger partial charge < -0.3 is 4.74 Å². The molecule has 0 bridgehead atoms. The lowest BCUT2D eigenvalue weighted by molar-refractivity contribution is -0.402. The summed E-state index contributed by atoms with van der Waals surface area (Å²) in [4.78, 5) is 11.8. The first-order chi connectivity index (χ1) is 8.75. The Labute approximate surface area is 106 Å². The molecule has 0 atom stereocenters. The fourth-order valence-corrected chi connectivity index (χ4v) is 1.48. The van der Waals surface area contributed by atoms with Crippen LogP contribution in [0.3, 0.4) is 0 Å². The Morgan fingerprint density at radius 2 is 1.56 bits per heavy atom. The van der Waals surface area contributed by atoms with E-state index in [-0.39, 0.29) is 0 Å². The van der Waals surface area contributed by atoms with E-state index in [0.29, 0.717) is 5.75 Å². The molecule has 1 amide bonds. The van der Waals surface area contributed by atoms with Crippen molar-refractivity contribution in [2.75, 3.05) is 7.05 Å². The number of ether oxygens (including phenoxy) is 1. The van der Waals surface area contributed by atoms with Gasteiger partial charge in [-0.05, 0) is 24.3 Å². The number of para-hydroxylation sites is 1. The number of benzene rings is 2. The van der Waals surface area contributed by atoms with E-state index in [2.05, 4.69) is 0 Å². The fraction of sp³-hybridized carbons (Fsp3) is 0.0667. The van der Waals surface area contributed by atoms with Crippen LogP contribution in [0.2, 0.25) is 0 Å². The third kappa shape index (κ3) is 3.28. The summed E-state index contributed by atoms with van der Waals surface area (Å²) < 4.78 is 6.62. The SMILES string of the molecule is C/[N+](=C\c1ccccc1)C(=O)Oc1ccccc1. The van der Waals surface area contributed by atoms with Crippen molar-refractivity contribution in [2.45, 2.75) is 0 Å². The van der Waals surface area contributed by atoms with Crippen LogP contribution in [0.25, 0.3) is 0 Å². The molecule has 0 N–H and O–H groups in total. The number of rotatable bonds is 2. The van der Waals surface area contributed by atoms with Gasteiger partial charge in [0.05, 0.1) is 0 Å². The lowest BCUT2D eigenvalue weighted by atomic mass is 10.2. The zero-order valence-electron chi connectivity index (χ0n) is 10.1. The van der Waals surface area contributed by atoms with Crippen molar-refractivity contribution >= 4 is 12.3 Å². The molecule has 0 aliphatic carbocycles. The van der Waals surface area contributed by atoms with Gasteiger partial charge >= 0.3 is 6.09 Å². The van der Waals surface area contributed by atoms with Crippen molar-refractivity contribution in [1.82, 2.24) is 0 Å². The minimum Gasteiger partial charge on any atom is -0.373 e. The lowest BCUT2D eigenvalue weighted by Gasteiger charge is -1.99. The second-order valence-electron chi connectivity index (χ2n) is 3.83. The molecule has 18 heavy (non-hydrogen) atoms. The summed E-state index contributed by atoms with van der Waals surface area (Å²) in [6, 6.07) is 18.6. The summed E-state index contributed by atoms with van der Waals surface area (Å²) in [7, 11) is 1.66. The van der Waals surface area contributed by atoms with E-state index in [0.717, 1.165) is 5.56 Å². The first-order valence-corrected chi connectivity index (χ1v) is 5.65. The third-order valence-corrected chi connectivity index (χ3v) is 2.38. The van der Waals surface area contributed by atoms with Crippen molar-refractivity contribution in [3.63, 3.8) is 0 Å². The standard InChI is InChI=1S/C15H14NO2/c1-16(12-13-8-4-2-5-9-13)15(17)18-14-10-6-3-7-11-14/h2-12H,1H3/q+1/b16-12+. The number of hydrogen-bond acceptors (Lipinski definition) is 2. The summed E-state index contributed by atoms with van der Waals surface area (Å²) in [5.74, 6) is 0.538. The monoisotopic (exact) mass is 240 g/mol. The fourth-order valence-electron chi connectivity index (χ4n) is 1.48. The molecule has 2 aromatic carbocycles. The first-order valence-electron chi connectivity index (χ1n) is 5.65. The maximum Gasteiger partial charge on any atom is 0.601 e. The smallest absolute Gasteiger partial charge is 0.373 e. The molecule has 3 nitrogen and oxygen atoms in total. The second kappa shape index (κ2) is 5.77. The molecular formula is C15H14NO2+. The number of carbonyl (C=O) groups is 1. The largest absolute Gasteiger partial charge is 0.601 e. The molecule has 0 heterocycles. The van der Waals surface area contributed by atoms with Gasteiger partial charge in [-0.1, -0.05) is 36.4 Å². The summed E-state index contributed by atoms with van der Waals surface area (Å²) in [6.07, 6.45) is 1.32. The molecule has 0 aliphatic heterocycles. The van der Waals surface area contributed by atoms with Gasteiger partial charge in [0.1, 0.15) is 12.8 Å². The Kier molecular flexibility index (Phi) is 3.86. The highest BCUT2D eigenvalue weighted by Gasteiger charge is 2.15. The van der Waals surface area contributed by atoms with Crippen LogP contribution in [0, 0.1) is 0 Å². The second-order valence-corrected chi connectivity index (χ2v) is 3.83. The van der Waals surface area contributed by atoms with Crippen molar-refractivity contribution in [3.05, 3.63) is 66.2 Å². The van der Waals surface area contributed by atoms with Gasteiger partial charge in [-0.3, -0.25) is 0 Å². The number of nitrogens with zero attached hydrogens (tertiary/aromatic N) is 1. The average Bonchev–Trinajstić information content (AvgIpc) is 2.41. The zero-order chi connectivity index (χ0) is 12.8. The molecule has 0 fully saturated rings. The van der Waals surface area contributed by atoms with E-state index in [4.69, 9.17) is 4.74 Å². The molecular weight excluding hydrogens is 226 g/mol. The number of hydrogen-bond donors (Lipinski definition) is 0. The normalized spacial score (nSPS) is 11.1. The van der Waals surface area contributed by atoms with E-state index < -0.39 is 6.09 Å². The maximum atomic E-state index is 11.8. The number of carbonyl (C=O) groups excluding carboxylic acids is 1. The minimum absolute atomic E-state index is 0.412. The van der Waals surface area contributed by atoms with Gasteiger partial charge in [-0.25, -0.2) is 0 Å². The third-order valence-electron chi connectivity index (χ3n) is 2.38. The van der Waals surface area contributed by atoms with E-state index in [9.17, 15) is 4.79 Å². The Bertz CT molecular complexity index is 547. The predicted molar refractivity (Wildman–Crippen MR) is 70.3 cm³/mol. The molecule has 0 unspecified atom stereocenters. The van der Waals surface area contributed by atoms with Crippen LogP contribution in [0.1, 0.15) is 5.56 Å². The van der Waals surface area contributed by atoms with Crippen molar-refractivity contribution < 1.29 is 14.1 Å². The van der Waals surface area contributed by atoms with Crippen LogP contribution in [-0.2, 0) is 0 Å². The van der Waals surface area contributed by atoms with Crippen LogP contribution in [0.4, 0.5) is 4.79 Å². The van der Waals surface area contributed by atoms with Gasteiger partial charge in [0, 0.05) is 5.56 Å². The average molecular weight is 240 g/mol. The molecule has 0 saturated heterocycles. The van der Waals surface area contributed by atoms with Crippen LogP contribution >= 0.6 is 0 Å². The van der Waals surface area contributed by atoms with Crippen molar-refractivity contribution in [2.24, 2.45) is 0 Å². The Morgan fingerprint density at radius 3 is 2.17 bits per heavy atom. The summed E-state index contributed by atoms with van der Waals surface area (Å²) in [5.41, 5.74) is 0.949. The Balaban J connectivity index is 2.08. The van der Waals surface area contributed by atoms with Gasteiger partial charge in [0.15, 0.2) is 6.21 Å². The highest BCUT2D eigenvalue weighted by Crippen LogP contribution is 2.08. The molecule has 0 spiro atoms. The van der Waals surface area contributed by atoms with Crippen molar-refractivity contribution in [1.29, 1.82) is 0 Å². The molecule has 2 aromatic rings. The molecule has 3 heteroatoms. The van der Waals surface area contributed by atoms with E-state index >= 15 is 0 Å². The highest BCUT2D eigenvalue weighted by molar-refractivity contribution is 5.79. The van der Waals surface area contributed by atoms with Gasteiger partial charge in [0.2, 0.25) is 0 Å². The molecule has 0 radical (unpaired) electrons. The molecule has 0 aliphatic rings. The first kappa shape index (κ1) is 12.0. The van der Waals surface area contributed by atoms with Crippen molar-refractivity contribution in [3.8, 4) is 5.75 Å². The van der Waals surface area contributed by atoms with E-state index in [1.165, 1.54) is 4.58 Å². The highest BCUT2D eigenvalue weighted by atomic mass is 16.6.